The van der Waals surface area contributed by atoms with E-state index in [4.69, 9.17) is 14.0 Å². The van der Waals surface area contributed by atoms with Gasteiger partial charge in [0, 0.05) is 0 Å². The first kappa shape index (κ1) is 21.8. The molecule has 0 unspecified atom stereocenters. The first-order valence-corrected chi connectivity index (χ1v) is 10.8. The van der Waals surface area contributed by atoms with Crippen LogP contribution in [0.3, 0.4) is 0 Å². The molecule has 0 aromatic heterocycles. The topological polar surface area (TPSA) is 82.1 Å². The van der Waals surface area contributed by atoms with E-state index < -0.39 is 16.5 Å². The maximum Gasteiger partial charge on any atom is 0.397 e. The van der Waals surface area contributed by atoms with Gasteiger partial charge < -0.3 is 9.47 Å². The van der Waals surface area contributed by atoms with E-state index in [-0.39, 0.29) is 19.5 Å². The van der Waals surface area contributed by atoms with Crippen LogP contribution in [-0.2, 0) is 24.1 Å². The van der Waals surface area contributed by atoms with E-state index in [2.05, 4.69) is 11.1 Å². The van der Waals surface area contributed by atoms with Crippen molar-refractivity contribution in [2.75, 3.05) is 13.2 Å². The quantitative estimate of drug-likeness (QED) is 0.365. The van der Waals surface area contributed by atoms with Crippen LogP contribution in [0, 0.1) is 0 Å². The molecule has 0 amide bonds. The molecule has 1 rings (SSSR count). The summed E-state index contributed by atoms with van der Waals surface area (Å²) in [6.45, 7) is 2.50. The fourth-order valence-electron chi connectivity index (χ4n) is 2.89. The highest BCUT2D eigenvalue weighted by atomic mass is 32.3. The summed E-state index contributed by atoms with van der Waals surface area (Å²) in [6, 6.07) is 0. The first-order chi connectivity index (χ1) is 11.5. The van der Waals surface area contributed by atoms with Crippen molar-refractivity contribution in [3.63, 3.8) is 0 Å². The minimum Gasteiger partial charge on any atom is -0.350 e. The van der Waals surface area contributed by atoms with Crippen LogP contribution in [0.2, 0.25) is 0 Å². The SMILES string of the molecule is CCCCCCCCCCCCCC1OCC(OS(=O)(=O)O)CO1. The van der Waals surface area contributed by atoms with Gasteiger partial charge in [0.2, 0.25) is 0 Å². The molecule has 1 saturated heterocycles. The Morgan fingerprint density at radius 2 is 1.33 bits per heavy atom. The fraction of sp³-hybridized carbons (Fsp3) is 1.00. The Morgan fingerprint density at radius 1 is 0.875 bits per heavy atom. The molecule has 144 valence electrons. The molecule has 0 aromatic carbocycles. The van der Waals surface area contributed by atoms with Crippen LogP contribution in [-0.4, -0.2) is 38.6 Å². The van der Waals surface area contributed by atoms with Gasteiger partial charge in [-0.2, -0.15) is 8.42 Å². The monoisotopic (exact) mass is 366 g/mol. The standard InChI is InChI=1S/C17H34O6S/c1-2-3-4-5-6-7-8-9-10-11-12-13-17-21-14-16(15-22-17)23-24(18,19)20/h16-17H,2-15H2,1H3,(H,18,19,20). The van der Waals surface area contributed by atoms with Gasteiger partial charge in [-0.15, -0.1) is 0 Å². The lowest BCUT2D eigenvalue weighted by Crippen LogP contribution is -2.38. The van der Waals surface area contributed by atoms with Gasteiger partial charge in [0.1, 0.15) is 6.10 Å². The molecule has 1 heterocycles. The Morgan fingerprint density at radius 3 is 1.79 bits per heavy atom. The predicted molar refractivity (Wildman–Crippen MR) is 93.2 cm³/mol. The van der Waals surface area contributed by atoms with Crippen LogP contribution in [0.15, 0.2) is 0 Å². The molecule has 24 heavy (non-hydrogen) atoms. The molecular weight excluding hydrogens is 332 g/mol. The Balaban J connectivity index is 1.87. The molecule has 0 radical (unpaired) electrons. The zero-order valence-corrected chi connectivity index (χ0v) is 15.8. The maximum atomic E-state index is 10.6. The molecule has 1 fully saturated rings. The fourth-order valence-corrected chi connectivity index (χ4v) is 3.35. The van der Waals surface area contributed by atoms with E-state index in [0.29, 0.717) is 0 Å². The molecule has 1 aliphatic heterocycles. The van der Waals surface area contributed by atoms with Gasteiger partial charge in [-0.3, -0.25) is 4.55 Å². The second kappa shape index (κ2) is 13.1. The van der Waals surface area contributed by atoms with Crippen molar-refractivity contribution < 1.29 is 26.6 Å². The van der Waals surface area contributed by atoms with Crippen molar-refractivity contribution >= 4 is 10.4 Å². The van der Waals surface area contributed by atoms with Crippen LogP contribution in [0.25, 0.3) is 0 Å². The van der Waals surface area contributed by atoms with Gasteiger partial charge in [-0.25, -0.2) is 4.18 Å². The third-order valence-corrected chi connectivity index (χ3v) is 4.75. The second-order valence-corrected chi connectivity index (χ2v) is 7.61. The van der Waals surface area contributed by atoms with Crippen molar-refractivity contribution in [3.05, 3.63) is 0 Å². The molecular formula is C17H34O6S. The Labute approximate surface area is 147 Å². The van der Waals surface area contributed by atoms with E-state index in [1.165, 1.54) is 64.2 Å². The lowest BCUT2D eigenvalue weighted by molar-refractivity contribution is -0.213. The van der Waals surface area contributed by atoms with Crippen LogP contribution in [0.1, 0.15) is 84.0 Å². The molecule has 6 nitrogen and oxygen atoms in total. The number of hydrogen-bond donors (Lipinski definition) is 1. The number of unbranched alkanes of at least 4 members (excludes halogenated alkanes) is 10. The van der Waals surface area contributed by atoms with E-state index >= 15 is 0 Å². The average Bonchev–Trinajstić information content (AvgIpc) is 2.53. The molecule has 0 bridgehead atoms. The highest BCUT2D eigenvalue weighted by Crippen LogP contribution is 2.17. The largest absolute Gasteiger partial charge is 0.397 e. The minimum atomic E-state index is -4.44. The van der Waals surface area contributed by atoms with Gasteiger partial charge >= 0.3 is 10.4 Å². The number of rotatable bonds is 14. The lowest BCUT2D eigenvalue weighted by Gasteiger charge is -2.28. The van der Waals surface area contributed by atoms with Crippen molar-refractivity contribution in [3.8, 4) is 0 Å². The van der Waals surface area contributed by atoms with Gasteiger partial charge in [0.25, 0.3) is 0 Å². The second-order valence-electron chi connectivity index (χ2n) is 6.57. The molecule has 0 aliphatic carbocycles. The van der Waals surface area contributed by atoms with Crippen molar-refractivity contribution in [1.29, 1.82) is 0 Å². The summed E-state index contributed by atoms with van der Waals surface area (Å²) in [4.78, 5) is 0. The van der Waals surface area contributed by atoms with E-state index in [9.17, 15) is 8.42 Å². The van der Waals surface area contributed by atoms with Crippen LogP contribution >= 0.6 is 0 Å². The van der Waals surface area contributed by atoms with E-state index in [1.54, 1.807) is 0 Å². The molecule has 0 spiro atoms. The third kappa shape index (κ3) is 12.2. The molecule has 0 saturated carbocycles. The molecule has 7 heteroatoms. The average molecular weight is 367 g/mol. The van der Waals surface area contributed by atoms with Gasteiger partial charge in [0.15, 0.2) is 6.29 Å². The predicted octanol–water partition coefficient (Wildman–Crippen LogP) is 4.25. The zero-order valence-electron chi connectivity index (χ0n) is 15.0. The molecule has 1 N–H and O–H groups in total. The number of hydrogen-bond acceptors (Lipinski definition) is 5. The van der Waals surface area contributed by atoms with Crippen LogP contribution in [0.5, 0.6) is 0 Å². The van der Waals surface area contributed by atoms with Gasteiger partial charge in [-0.05, 0) is 12.8 Å². The van der Waals surface area contributed by atoms with Crippen molar-refractivity contribution in [2.24, 2.45) is 0 Å². The smallest absolute Gasteiger partial charge is 0.350 e. The minimum absolute atomic E-state index is 0.127. The van der Waals surface area contributed by atoms with Crippen LogP contribution in [0.4, 0.5) is 0 Å². The molecule has 0 aromatic rings. The summed E-state index contributed by atoms with van der Waals surface area (Å²) in [7, 11) is -4.44. The van der Waals surface area contributed by atoms with Crippen LogP contribution < -0.4 is 0 Å². The Bertz CT molecular complexity index is 390. The Hall–Kier alpha value is -0.210. The van der Waals surface area contributed by atoms with Crippen molar-refractivity contribution in [2.45, 2.75) is 96.4 Å². The zero-order chi connectivity index (χ0) is 17.7. The summed E-state index contributed by atoms with van der Waals surface area (Å²) < 4.78 is 45.0. The van der Waals surface area contributed by atoms with E-state index in [1.807, 2.05) is 0 Å². The van der Waals surface area contributed by atoms with Gasteiger partial charge in [-0.1, -0.05) is 71.1 Å². The van der Waals surface area contributed by atoms with Gasteiger partial charge in [0.05, 0.1) is 13.2 Å². The molecule has 1 aliphatic rings. The maximum absolute atomic E-state index is 10.6. The Kier molecular flexibility index (Phi) is 11.9. The molecule has 0 atom stereocenters. The summed E-state index contributed by atoms with van der Waals surface area (Å²) in [6.07, 6.45) is 14.0. The highest BCUT2D eigenvalue weighted by molar-refractivity contribution is 7.80. The summed E-state index contributed by atoms with van der Waals surface area (Å²) in [5, 5.41) is 0. The first-order valence-electron chi connectivity index (χ1n) is 9.40. The van der Waals surface area contributed by atoms with E-state index in [0.717, 1.165) is 12.8 Å². The normalized spacial score (nSPS) is 21.9. The highest BCUT2D eigenvalue weighted by Gasteiger charge is 2.26. The third-order valence-electron chi connectivity index (χ3n) is 4.24. The lowest BCUT2D eigenvalue weighted by atomic mass is 10.1. The summed E-state index contributed by atoms with van der Waals surface area (Å²) in [5.74, 6) is 0. The number of ether oxygens (including phenoxy) is 2. The summed E-state index contributed by atoms with van der Waals surface area (Å²) >= 11 is 0. The van der Waals surface area contributed by atoms with Crippen molar-refractivity contribution in [1.82, 2.24) is 0 Å². The summed E-state index contributed by atoms with van der Waals surface area (Å²) in [5.41, 5.74) is 0.